The van der Waals surface area contributed by atoms with Gasteiger partial charge in [-0.1, -0.05) is 0 Å². The van der Waals surface area contributed by atoms with Gasteiger partial charge >= 0.3 is 111 Å². The summed E-state index contributed by atoms with van der Waals surface area (Å²) < 4.78 is 0. The van der Waals surface area contributed by atoms with Crippen LogP contribution in [0.25, 0.3) is 32.2 Å². The summed E-state index contributed by atoms with van der Waals surface area (Å²) in [4.78, 5) is 0. The van der Waals surface area contributed by atoms with Crippen molar-refractivity contribution in [2.75, 3.05) is 0 Å². The summed E-state index contributed by atoms with van der Waals surface area (Å²) in [5.74, 6) is 2.25. The average molecular weight is 238 g/mol. The molecule has 4 aromatic rings. The summed E-state index contributed by atoms with van der Waals surface area (Å²) in [5, 5.41) is 8.47. The third kappa shape index (κ3) is 1.13. The van der Waals surface area contributed by atoms with Gasteiger partial charge in [-0.3, -0.25) is 0 Å². The van der Waals surface area contributed by atoms with Gasteiger partial charge in [-0.15, -0.1) is 0 Å². The molecule has 0 aliphatic heterocycles. The van der Waals surface area contributed by atoms with Crippen molar-refractivity contribution >= 4 is 39.1 Å². The Bertz CT molecular complexity index is 906. The van der Waals surface area contributed by atoms with E-state index in [4.69, 9.17) is 0 Å². The Morgan fingerprint density at radius 2 is 1.42 bits per heavy atom. The van der Waals surface area contributed by atoms with Crippen LogP contribution in [0.4, 0.5) is 0 Å². The Morgan fingerprint density at radius 1 is 0.684 bits per heavy atom. The summed E-state index contributed by atoms with van der Waals surface area (Å²) >= 11 is 0. The van der Waals surface area contributed by atoms with Crippen LogP contribution in [0.5, 0.6) is 0 Å². The van der Waals surface area contributed by atoms with Crippen molar-refractivity contribution in [2.24, 2.45) is 0 Å². The summed E-state index contributed by atoms with van der Waals surface area (Å²) in [5.41, 5.74) is 2.93. The Balaban J connectivity index is 2.26. The van der Waals surface area contributed by atoms with Crippen LogP contribution < -0.4 is 0 Å². The van der Waals surface area contributed by atoms with Gasteiger partial charge in [0.05, 0.1) is 0 Å². The van der Waals surface area contributed by atoms with Crippen molar-refractivity contribution in [3.8, 4) is 0 Å². The van der Waals surface area contributed by atoms with E-state index in [9.17, 15) is 0 Å². The van der Waals surface area contributed by atoms with E-state index < -0.39 is 0 Å². The molecule has 0 saturated carbocycles. The standard InChI is InChI=1S/C18H11B/c1-3-11-7-8-15-18-16(11)12(4-1)9-13-5-2-6-14(10-19-15)17(13)18/h1-8,10H,9H2. The van der Waals surface area contributed by atoms with Crippen molar-refractivity contribution in [3.05, 3.63) is 65.6 Å². The van der Waals surface area contributed by atoms with Gasteiger partial charge in [-0.05, 0) is 0 Å². The molecule has 19 heavy (non-hydrogen) atoms. The van der Waals surface area contributed by atoms with Crippen LogP contribution >= 0.6 is 0 Å². The molecule has 0 radical (unpaired) electrons. The first kappa shape index (κ1) is 9.74. The molecule has 0 saturated heterocycles. The van der Waals surface area contributed by atoms with Gasteiger partial charge in [0.15, 0.2) is 0 Å². The fourth-order valence-corrected chi connectivity index (χ4v) is 3.62. The first-order valence-electron chi connectivity index (χ1n) is 6.77. The molecule has 5 rings (SSSR count). The van der Waals surface area contributed by atoms with Crippen LogP contribution in [0.15, 0.2) is 54.5 Å². The maximum atomic E-state index is 2.27. The van der Waals surface area contributed by atoms with E-state index in [2.05, 4.69) is 61.4 Å². The van der Waals surface area contributed by atoms with Crippen LogP contribution in [0.1, 0.15) is 11.1 Å². The molecule has 0 unspecified atom stereocenters. The molecule has 0 atom stereocenters. The van der Waals surface area contributed by atoms with Crippen LogP contribution in [0.2, 0.25) is 0 Å². The minimum atomic E-state index is 1.06. The molecule has 0 nitrogen and oxygen atoms in total. The first-order valence-corrected chi connectivity index (χ1v) is 6.77. The minimum absolute atomic E-state index is 1.06. The van der Waals surface area contributed by atoms with Crippen molar-refractivity contribution in [1.82, 2.24) is 0 Å². The van der Waals surface area contributed by atoms with E-state index in [0.29, 0.717) is 0 Å². The van der Waals surface area contributed by atoms with Gasteiger partial charge in [0.1, 0.15) is 0 Å². The van der Waals surface area contributed by atoms with Crippen molar-refractivity contribution in [2.45, 2.75) is 6.42 Å². The molecule has 0 bridgehead atoms. The Morgan fingerprint density at radius 3 is 2.26 bits per heavy atom. The number of hydrogen-bond donors (Lipinski definition) is 0. The SMILES string of the molecule is b1cc2cccc3c2c2c1ccc1cccc(c12)C3. The second-order valence-electron chi connectivity index (χ2n) is 5.44. The normalized spacial score (nSPS) is 12.8. The molecular formula is C18H11B. The van der Waals surface area contributed by atoms with Gasteiger partial charge in [0, 0.05) is 0 Å². The summed E-state index contributed by atoms with van der Waals surface area (Å²) in [6.07, 6.45) is 1.06. The molecular weight excluding hydrogens is 227 g/mol. The predicted octanol–water partition coefficient (Wildman–Crippen LogP) is 4.39. The third-order valence-electron chi connectivity index (χ3n) is 4.42. The summed E-state index contributed by atoms with van der Waals surface area (Å²) in [6.45, 7) is 2.25. The molecule has 1 heteroatoms. The van der Waals surface area contributed by atoms with E-state index >= 15 is 0 Å². The van der Waals surface area contributed by atoms with E-state index in [1.807, 2.05) is 0 Å². The van der Waals surface area contributed by atoms with Gasteiger partial charge in [-0.25, -0.2) is 0 Å². The molecule has 3 aromatic carbocycles. The maximum absolute atomic E-state index is 2.27. The second-order valence-corrected chi connectivity index (χ2v) is 5.44. The molecule has 1 aromatic heterocycles. The summed E-state index contributed by atoms with van der Waals surface area (Å²) in [7, 11) is 0. The molecule has 1 heterocycles. The van der Waals surface area contributed by atoms with E-state index in [1.165, 1.54) is 43.3 Å². The predicted molar refractivity (Wildman–Crippen MR) is 83.1 cm³/mol. The zero-order chi connectivity index (χ0) is 12.4. The Kier molecular flexibility index (Phi) is 1.66. The fourth-order valence-electron chi connectivity index (χ4n) is 3.62. The number of benzene rings is 3. The zero-order valence-corrected chi connectivity index (χ0v) is 10.5. The molecule has 0 N–H and O–H groups in total. The van der Waals surface area contributed by atoms with Crippen LogP contribution in [-0.2, 0) is 6.42 Å². The number of hydrogen-bond acceptors (Lipinski definition) is 0. The van der Waals surface area contributed by atoms with Crippen molar-refractivity contribution < 1.29 is 0 Å². The third-order valence-corrected chi connectivity index (χ3v) is 4.42. The van der Waals surface area contributed by atoms with Crippen LogP contribution in [0.3, 0.4) is 0 Å². The average Bonchev–Trinajstić information content (AvgIpc) is 2.47. The monoisotopic (exact) mass is 238 g/mol. The van der Waals surface area contributed by atoms with Gasteiger partial charge in [0.2, 0.25) is 0 Å². The second kappa shape index (κ2) is 3.24. The molecule has 0 spiro atoms. The molecule has 0 amide bonds. The fraction of sp³-hybridized carbons (Fsp3) is 0.0556. The number of rotatable bonds is 0. The van der Waals surface area contributed by atoms with Crippen molar-refractivity contribution in [3.63, 3.8) is 0 Å². The van der Waals surface area contributed by atoms with E-state index in [-0.39, 0.29) is 0 Å². The van der Waals surface area contributed by atoms with Crippen molar-refractivity contribution in [1.29, 1.82) is 0 Å². The van der Waals surface area contributed by atoms with Gasteiger partial charge in [0.25, 0.3) is 0 Å². The Hall–Kier alpha value is -2.15. The Labute approximate surface area is 111 Å². The zero-order valence-electron chi connectivity index (χ0n) is 10.5. The van der Waals surface area contributed by atoms with Crippen LogP contribution in [0, 0.1) is 0 Å². The van der Waals surface area contributed by atoms with E-state index in [1.54, 1.807) is 0 Å². The molecule has 86 valence electrons. The molecule has 1 aliphatic rings. The molecule has 0 fully saturated rings. The van der Waals surface area contributed by atoms with E-state index in [0.717, 1.165) is 6.42 Å². The molecule has 1 aliphatic carbocycles. The first-order chi connectivity index (χ1) is 9.42. The van der Waals surface area contributed by atoms with Gasteiger partial charge < -0.3 is 0 Å². The quantitative estimate of drug-likeness (QED) is 0.351. The summed E-state index contributed by atoms with van der Waals surface area (Å²) in [6, 6.07) is 17.9. The van der Waals surface area contributed by atoms with Crippen LogP contribution in [-0.4, -0.2) is 6.91 Å². The van der Waals surface area contributed by atoms with Gasteiger partial charge in [-0.2, -0.15) is 0 Å². The topological polar surface area (TPSA) is 0 Å².